The Morgan fingerprint density at radius 2 is 1.44 bits per heavy atom. The molecule has 0 aliphatic carbocycles. The lowest BCUT2D eigenvalue weighted by molar-refractivity contribution is -0.121. The number of imide groups is 1. The minimum atomic E-state index is -0.619. The molecule has 1 aliphatic heterocycles. The first-order valence-electron chi connectivity index (χ1n) is 16.1. The summed E-state index contributed by atoms with van der Waals surface area (Å²) in [6.07, 6.45) is 1.55. The highest BCUT2D eigenvalue weighted by molar-refractivity contribution is 8.00. The molecule has 0 radical (unpaired) electrons. The summed E-state index contributed by atoms with van der Waals surface area (Å²) in [7, 11) is 3.03. The summed E-state index contributed by atoms with van der Waals surface area (Å²) < 4.78 is 10.8. The third kappa shape index (κ3) is 8.60. The molecule has 6 rings (SSSR count). The summed E-state index contributed by atoms with van der Waals surface area (Å²) in [6, 6.07) is 36.6. The Balaban J connectivity index is 1.13. The maximum Gasteiger partial charge on any atom is 0.272 e. The van der Waals surface area contributed by atoms with Crippen molar-refractivity contribution in [3.05, 3.63) is 144 Å². The molecule has 11 nitrogen and oxygen atoms in total. The fraction of sp³-hybridized carbons (Fsp3) is 0.100. The number of ether oxygens (including phenoxy) is 2. The highest BCUT2D eigenvalue weighted by Crippen LogP contribution is 2.35. The summed E-state index contributed by atoms with van der Waals surface area (Å²) in [5, 5.41) is 13.3. The van der Waals surface area contributed by atoms with E-state index in [1.54, 1.807) is 97.1 Å². The van der Waals surface area contributed by atoms with Crippen molar-refractivity contribution < 1.29 is 28.7 Å². The lowest BCUT2D eigenvalue weighted by Crippen LogP contribution is -2.31. The molecule has 2 N–H and O–H groups in total. The van der Waals surface area contributed by atoms with E-state index in [1.165, 1.54) is 37.0 Å². The maximum absolute atomic E-state index is 13.6. The molecule has 12 heteroatoms. The zero-order valence-electron chi connectivity index (χ0n) is 28.2. The van der Waals surface area contributed by atoms with Crippen molar-refractivity contribution in [1.29, 1.82) is 0 Å². The standard InChI is InChI=1S/C40H33N5O6S/c1-50-32-19-22-35(51-2)27(23-32)24-34(42-38(47)26-9-5-3-6-10-26)39(48)41-28-15-20-33(21-16-28)52-36-25-37(46)45(40(36)49)31-17-13-30(14-18-31)44-43-29-11-7-4-8-12-29/h3-24,36H,25H2,1-2H3,(H,41,48)(H,42,47). The van der Waals surface area contributed by atoms with Crippen molar-refractivity contribution in [3.63, 3.8) is 0 Å². The second-order valence-electron chi connectivity index (χ2n) is 11.4. The summed E-state index contributed by atoms with van der Waals surface area (Å²) in [4.78, 5) is 54.9. The molecule has 0 spiro atoms. The SMILES string of the molecule is COc1ccc(OC)c(C=C(NC(=O)c2ccccc2)C(=O)Nc2ccc(SC3CC(=O)N(c4ccc(N=Nc5ccccc5)cc4)C3=O)cc2)c1. The predicted molar refractivity (Wildman–Crippen MR) is 200 cm³/mol. The average molecular weight is 712 g/mol. The van der Waals surface area contributed by atoms with Crippen LogP contribution in [0, 0.1) is 0 Å². The molecule has 1 aliphatic rings. The summed E-state index contributed by atoms with van der Waals surface area (Å²) >= 11 is 1.27. The molecule has 260 valence electrons. The van der Waals surface area contributed by atoms with Crippen molar-refractivity contribution >= 4 is 64.2 Å². The van der Waals surface area contributed by atoms with Gasteiger partial charge >= 0.3 is 0 Å². The zero-order valence-corrected chi connectivity index (χ0v) is 29.0. The van der Waals surface area contributed by atoms with Crippen LogP contribution in [0.25, 0.3) is 6.08 Å². The number of methoxy groups -OCH3 is 2. The normalized spacial score (nSPS) is 14.4. The minimum Gasteiger partial charge on any atom is -0.497 e. The van der Waals surface area contributed by atoms with Gasteiger partial charge in [0.15, 0.2) is 0 Å². The van der Waals surface area contributed by atoms with Gasteiger partial charge in [0, 0.05) is 28.1 Å². The van der Waals surface area contributed by atoms with Crippen molar-refractivity contribution in [3.8, 4) is 11.5 Å². The van der Waals surface area contributed by atoms with E-state index in [4.69, 9.17) is 9.47 Å². The van der Waals surface area contributed by atoms with Gasteiger partial charge in [-0.3, -0.25) is 19.2 Å². The molecule has 0 bridgehead atoms. The van der Waals surface area contributed by atoms with Crippen molar-refractivity contribution in [2.45, 2.75) is 16.6 Å². The monoisotopic (exact) mass is 711 g/mol. The number of nitrogens with one attached hydrogen (secondary N) is 2. The molecule has 1 fully saturated rings. The largest absolute Gasteiger partial charge is 0.497 e. The molecule has 0 aromatic heterocycles. The average Bonchev–Trinajstić information content (AvgIpc) is 3.46. The van der Waals surface area contributed by atoms with Crippen LogP contribution < -0.4 is 25.0 Å². The topological polar surface area (TPSA) is 139 Å². The number of benzene rings is 5. The Bertz CT molecular complexity index is 2140. The Morgan fingerprint density at radius 1 is 0.788 bits per heavy atom. The lowest BCUT2D eigenvalue weighted by Gasteiger charge is -2.15. The Labute approximate surface area is 304 Å². The Kier molecular flexibility index (Phi) is 11.2. The smallest absolute Gasteiger partial charge is 0.272 e. The summed E-state index contributed by atoms with van der Waals surface area (Å²) in [5.74, 6) is -0.640. The summed E-state index contributed by atoms with van der Waals surface area (Å²) in [6.45, 7) is 0. The number of carbonyl (C=O) groups excluding carboxylic acids is 4. The number of rotatable bonds is 12. The minimum absolute atomic E-state index is 0.0266. The maximum atomic E-state index is 13.6. The number of thioether (sulfide) groups is 1. The van der Waals surface area contributed by atoms with Gasteiger partial charge in [-0.05, 0) is 97.1 Å². The second kappa shape index (κ2) is 16.5. The van der Waals surface area contributed by atoms with E-state index in [0.29, 0.717) is 45.4 Å². The van der Waals surface area contributed by atoms with Gasteiger partial charge in [0.05, 0.1) is 36.5 Å². The molecular formula is C40H33N5O6S. The molecule has 1 heterocycles. The van der Waals surface area contributed by atoms with Crippen LogP contribution in [0.2, 0.25) is 0 Å². The molecule has 4 amide bonds. The first kappa shape index (κ1) is 35.3. The van der Waals surface area contributed by atoms with E-state index in [0.717, 1.165) is 4.90 Å². The van der Waals surface area contributed by atoms with Crippen molar-refractivity contribution in [2.75, 3.05) is 24.4 Å². The quantitative estimate of drug-likeness (QED) is 0.0761. The van der Waals surface area contributed by atoms with E-state index in [-0.39, 0.29) is 23.9 Å². The van der Waals surface area contributed by atoms with Gasteiger partial charge in [0.25, 0.3) is 11.8 Å². The predicted octanol–water partition coefficient (Wildman–Crippen LogP) is 7.95. The first-order chi connectivity index (χ1) is 25.3. The third-order valence-electron chi connectivity index (χ3n) is 7.91. The molecule has 1 saturated heterocycles. The van der Waals surface area contributed by atoms with Gasteiger partial charge in [-0.15, -0.1) is 11.8 Å². The van der Waals surface area contributed by atoms with Gasteiger partial charge in [-0.1, -0.05) is 36.4 Å². The van der Waals surface area contributed by atoms with Crippen LogP contribution in [0.15, 0.2) is 148 Å². The van der Waals surface area contributed by atoms with Crippen LogP contribution in [0.4, 0.5) is 22.7 Å². The van der Waals surface area contributed by atoms with Gasteiger partial charge in [0.2, 0.25) is 11.8 Å². The number of carbonyl (C=O) groups is 4. The van der Waals surface area contributed by atoms with Crippen molar-refractivity contribution in [1.82, 2.24) is 5.32 Å². The van der Waals surface area contributed by atoms with E-state index >= 15 is 0 Å². The lowest BCUT2D eigenvalue weighted by atomic mass is 10.1. The molecule has 0 saturated carbocycles. The number of azo groups is 1. The Hall–Kier alpha value is -6.53. The van der Waals surface area contributed by atoms with Gasteiger partial charge in [0.1, 0.15) is 17.2 Å². The molecule has 1 unspecified atom stereocenters. The Morgan fingerprint density at radius 3 is 2.10 bits per heavy atom. The van der Waals surface area contributed by atoms with E-state index in [2.05, 4.69) is 20.9 Å². The third-order valence-corrected chi connectivity index (χ3v) is 9.10. The molecule has 5 aromatic carbocycles. The zero-order chi connectivity index (χ0) is 36.5. The molecular weight excluding hydrogens is 679 g/mol. The highest BCUT2D eigenvalue weighted by atomic mass is 32.2. The van der Waals surface area contributed by atoms with Gasteiger partial charge < -0.3 is 20.1 Å². The van der Waals surface area contributed by atoms with Crippen LogP contribution in [0.3, 0.4) is 0 Å². The van der Waals surface area contributed by atoms with Crippen LogP contribution in [0.5, 0.6) is 11.5 Å². The fourth-order valence-corrected chi connectivity index (χ4v) is 6.33. The van der Waals surface area contributed by atoms with Gasteiger partial charge in [-0.2, -0.15) is 10.2 Å². The summed E-state index contributed by atoms with van der Waals surface area (Å²) in [5.41, 5.74) is 3.08. The first-order valence-corrected chi connectivity index (χ1v) is 17.0. The molecule has 52 heavy (non-hydrogen) atoms. The fourth-order valence-electron chi connectivity index (χ4n) is 5.28. The van der Waals surface area contributed by atoms with Crippen LogP contribution in [-0.2, 0) is 14.4 Å². The molecule has 1 atom stereocenters. The van der Waals surface area contributed by atoms with E-state index in [1.807, 2.05) is 30.3 Å². The van der Waals surface area contributed by atoms with Crippen LogP contribution in [-0.4, -0.2) is 43.1 Å². The number of hydrogen-bond donors (Lipinski definition) is 2. The second-order valence-corrected chi connectivity index (χ2v) is 12.7. The van der Waals surface area contributed by atoms with Crippen LogP contribution >= 0.6 is 11.8 Å². The number of amides is 4. The van der Waals surface area contributed by atoms with E-state index < -0.39 is 17.1 Å². The van der Waals surface area contributed by atoms with E-state index in [9.17, 15) is 19.2 Å². The number of nitrogens with zero attached hydrogens (tertiary/aromatic N) is 3. The number of anilines is 2. The number of hydrogen-bond acceptors (Lipinski definition) is 9. The van der Waals surface area contributed by atoms with Crippen molar-refractivity contribution in [2.24, 2.45) is 10.2 Å². The van der Waals surface area contributed by atoms with Crippen LogP contribution in [0.1, 0.15) is 22.3 Å². The van der Waals surface area contributed by atoms with Gasteiger partial charge in [-0.25, -0.2) is 4.90 Å². The molecule has 5 aromatic rings. The highest BCUT2D eigenvalue weighted by Gasteiger charge is 2.40.